The molecule has 0 atom stereocenters. The molecule has 2 aromatic heterocycles. The summed E-state index contributed by atoms with van der Waals surface area (Å²) in [5.41, 5.74) is -1.14. The van der Waals surface area contributed by atoms with Crippen LogP contribution in [-0.4, -0.2) is 50.8 Å². The van der Waals surface area contributed by atoms with Gasteiger partial charge in [0.2, 0.25) is 5.89 Å². The van der Waals surface area contributed by atoms with Gasteiger partial charge in [0.25, 0.3) is 11.8 Å². The lowest BCUT2D eigenvalue weighted by molar-refractivity contribution is -0.134. The summed E-state index contributed by atoms with van der Waals surface area (Å²) in [5, 5.41) is 6.88. The van der Waals surface area contributed by atoms with E-state index in [0.717, 1.165) is 12.8 Å². The van der Waals surface area contributed by atoms with Crippen LogP contribution < -0.4 is 4.90 Å². The molecule has 11 heteroatoms. The second kappa shape index (κ2) is 9.96. The van der Waals surface area contributed by atoms with Crippen molar-refractivity contribution >= 4 is 11.6 Å². The van der Waals surface area contributed by atoms with Crippen molar-refractivity contribution in [3.63, 3.8) is 0 Å². The average Bonchev–Trinajstić information content (AvgIpc) is 3.34. The molecule has 1 saturated carbocycles. The topological polar surface area (TPSA) is 75.4 Å². The lowest BCUT2D eigenvalue weighted by atomic mass is 9.86. The first kappa shape index (κ1) is 24.4. The van der Waals surface area contributed by atoms with Gasteiger partial charge in [0.1, 0.15) is 5.82 Å². The number of aromatic nitrogens is 3. The number of piperidine rings is 1. The minimum absolute atomic E-state index is 0.0736. The molecule has 0 N–H and O–H groups in total. The van der Waals surface area contributed by atoms with Crippen LogP contribution in [0.15, 0.2) is 47.0 Å². The van der Waals surface area contributed by atoms with E-state index >= 15 is 4.39 Å². The highest BCUT2D eigenvalue weighted by Crippen LogP contribution is 2.35. The van der Waals surface area contributed by atoms with Gasteiger partial charge in [-0.1, -0.05) is 12.5 Å². The number of rotatable bonds is 7. The Labute approximate surface area is 205 Å². The summed E-state index contributed by atoms with van der Waals surface area (Å²) >= 11 is 0. The molecule has 1 aromatic carbocycles. The van der Waals surface area contributed by atoms with E-state index in [1.165, 1.54) is 41.8 Å². The molecule has 1 amide bonds. The number of hydrogen-bond donors (Lipinski definition) is 0. The van der Waals surface area contributed by atoms with Crippen LogP contribution in [-0.2, 0) is 11.3 Å². The third kappa shape index (κ3) is 4.97. The van der Waals surface area contributed by atoms with Gasteiger partial charge in [-0.05, 0) is 43.2 Å². The van der Waals surface area contributed by atoms with Gasteiger partial charge < -0.3 is 14.2 Å². The van der Waals surface area contributed by atoms with Crippen LogP contribution >= 0.6 is 0 Å². The van der Waals surface area contributed by atoms with E-state index in [9.17, 15) is 18.0 Å². The molecular formula is C25H25F4N5O2. The maximum absolute atomic E-state index is 16.0. The van der Waals surface area contributed by atoms with E-state index in [2.05, 4.69) is 20.1 Å². The molecule has 0 radical (unpaired) electrons. The van der Waals surface area contributed by atoms with Crippen molar-refractivity contribution in [1.29, 1.82) is 0 Å². The third-order valence-corrected chi connectivity index (χ3v) is 6.95. The van der Waals surface area contributed by atoms with E-state index < -0.39 is 29.7 Å². The Morgan fingerprint density at radius 2 is 1.94 bits per heavy atom. The first-order chi connectivity index (χ1) is 17.3. The number of carbonyl (C=O) groups excluding carboxylic acids is 1. The predicted molar refractivity (Wildman–Crippen MR) is 122 cm³/mol. The van der Waals surface area contributed by atoms with E-state index in [4.69, 9.17) is 4.42 Å². The standard InChI is InChI=1S/C25H25F4N5O2/c26-17-3-1-6-20(13-17)34(24(35)25(29)9-11-33(12-10-25)19-4-2-5-19)15-18-8-7-16(14-30-18)22-31-32-23(36-22)21(27)28/h1,3,6-8,13-14,19,21H,2,4-5,9-12,15H2. The fraction of sp³-hybridized carbons (Fsp3) is 0.440. The number of alkyl halides is 3. The van der Waals surface area contributed by atoms with Crippen molar-refractivity contribution < 1.29 is 26.8 Å². The van der Waals surface area contributed by atoms with Crippen molar-refractivity contribution in [1.82, 2.24) is 20.1 Å². The lowest BCUT2D eigenvalue weighted by Crippen LogP contribution is -2.55. The molecule has 1 aliphatic heterocycles. The summed E-state index contributed by atoms with van der Waals surface area (Å²) in [7, 11) is 0. The van der Waals surface area contributed by atoms with Crippen molar-refractivity contribution in [3.8, 4) is 11.5 Å². The van der Waals surface area contributed by atoms with Crippen LogP contribution in [0.2, 0.25) is 0 Å². The van der Waals surface area contributed by atoms with Crippen LogP contribution in [0.5, 0.6) is 0 Å². The van der Waals surface area contributed by atoms with E-state index in [-0.39, 0.29) is 31.0 Å². The molecule has 2 aliphatic rings. The molecule has 5 rings (SSSR count). The van der Waals surface area contributed by atoms with Crippen LogP contribution in [0.1, 0.15) is 50.1 Å². The van der Waals surface area contributed by atoms with Crippen molar-refractivity contribution in [3.05, 3.63) is 60.0 Å². The lowest BCUT2D eigenvalue weighted by Gasteiger charge is -2.44. The summed E-state index contributed by atoms with van der Waals surface area (Å²) in [6.07, 6.45) is 2.00. The van der Waals surface area contributed by atoms with Gasteiger partial charge in [-0.15, -0.1) is 10.2 Å². The maximum atomic E-state index is 16.0. The monoisotopic (exact) mass is 503 g/mol. The minimum atomic E-state index is -2.89. The highest BCUT2D eigenvalue weighted by Gasteiger charge is 2.46. The maximum Gasteiger partial charge on any atom is 0.314 e. The molecule has 0 bridgehead atoms. The summed E-state index contributed by atoms with van der Waals surface area (Å²) in [5.74, 6) is -2.20. The zero-order valence-corrected chi connectivity index (χ0v) is 19.4. The Morgan fingerprint density at radius 3 is 2.53 bits per heavy atom. The van der Waals surface area contributed by atoms with Crippen LogP contribution in [0.3, 0.4) is 0 Å². The van der Waals surface area contributed by atoms with Gasteiger partial charge in [0, 0.05) is 43.9 Å². The van der Waals surface area contributed by atoms with Crippen molar-refractivity contribution in [2.24, 2.45) is 0 Å². The molecule has 7 nitrogen and oxygen atoms in total. The van der Waals surface area contributed by atoms with Gasteiger partial charge >= 0.3 is 6.43 Å². The molecule has 3 aromatic rings. The number of carbonyl (C=O) groups is 1. The van der Waals surface area contributed by atoms with Crippen LogP contribution in [0, 0.1) is 5.82 Å². The summed E-state index contributed by atoms with van der Waals surface area (Å²) in [6.45, 7) is 0.899. The second-order valence-electron chi connectivity index (χ2n) is 9.24. The Hall–Kier alpha value is -3.34. The highest BCUT2D eigenvalue weighted by molar-refractivity contribution is 5.99. The zero-order valence-electron chi connectivity index (χ0n) is 19.4. The van der Waals surface area contributed by atoms with Crippen LogP contribution in [0.25, 0.3) is 11.5 Å². The minimum Gasteiger partial charge on any atom is -0.415 e. The normalized spacial score (nSPS) is 18.2. The molecule has 1 aliphatic carbocycles. The molecule has 190 valence electrons. The molecule has 2 fully saturated rings. The van der Waals surface area contributed by atoms with Gasteiger partial charge in [-0.25, -0.2) is 8.78 Å². The number of nitrogens with zero attached hydrogens (tertiary/aromatic N) is 5. The van der Waals surface area contributed by atoms with Crippen molar-refractivity contribution in [2.45, 2.75) is 56.8 Å². The van der Waals surface area contributed by atoms with Crippen LogP contribution in [0.4, 0.5) is 23.2 Å². The third-order valence-electron chi connectivity index (χ3n) is 6.95. The number of pyridine rings is 1. The Kier molecular flexibility index (Phi) is 6.74. The predicted octanol–water partition coefficient (Wildman–Crippen LogP) is 5.10. The molecule has 0 spiro atoms. The van der Waals surface area contributed by atoms with Gasteiger partial charge in [-0.2, -0.15) is 8.78 Å². The number of hydrogen-bond acceptors (Lipinski definition) is 6. The quantitative estimate of drug-likeness (QED) is 0.418. The largest absolute Gasteiger partial charge is 0.415 e. The smallest absolute Gasteiger partial charge is 0.314 e. The number of halogens is 4. The Bertz CT molecular complexity index is 1210. The Morgan fingerprint density at radius 1 is 1.17 bits per heavy atom. The average molecular weight is 504 g/mol. The summed E-state index contributed by atoms with van der Waals surface area (Å²) < 4.78 is 60.4. The summed E-state index contributed by atoms with van der Waals surface area (Å²) in [4.78, 5) is 21.3. The molecule has 3 heterocycles. The van der Waals surface area contributed by atoms with Gasteiger partial charge in [0.05, 0.1) is 17.8 Å². The summed E-state index contributed by atoms with van der Waals surface area (Å²) in [6, 6.07) is 8.99. The molecule has 1 saturated heterocycles. The molecule has 0 unspecified atom stereocenters. The number of amides is 1. The van der Waals surface area contributed by atoms with Gasteiger partial charge in [-0.3, -0.25) is 9.78 Å². The first-order valence-corrected chi connectivity index (χ1v) is 11.9. The number of anilines is 1. The number of benzene rings is 1. The Balaban J connectivity index is 1.35. The van der Waals surface area contributed by atoms with E-state index in [0.29, 0.717) is 30.4 Å². The van der Waals surface area contributed by atoms with Crippen molar-refractivity contribution in [2.75, 3.05) is 18.0 Å². The fourth-order valence-corrected chi connectivity index (χ4v) is 4.62. The number of likely N-dealkylation sites (tertiary alicyclic amines) is 1. The highest BCUT2D eigenvalue weighted by atomic mass is 19.3. The fourth-order valence-electron chi connectivity index (χ4n) is 4.62. The zero-order chi connectivity index (χ0) is 25.3. The van der Waals surface area contributed by atoms with E-state index in [1.54, 1.807) is 12.1 Å². The molecular weight excluding hydrogens is 478 g/mol. The second-order valence-corrected chi connectivity index (χ2v) is 9.24. The van der Waals surface area contributed by atoms with E-state index in [1.807, 2.05) is 0 Å². The molecule has 36 heavy (non-hydrogen) atoms. The SMILES string of the molecule is O=C(N(Cc1ccc(-c2nnc(C(F)F)o2)cn1)c1cccc(F)c1)C1(F)CCN(C2CCC2)CC1. The van der Waals surface area contributed by atoms with Gasteiger partial charge in [0.15, 0.2) is 5.67 Å². The first-order valence-electron chi connectivity index (χ1n) is 11.9.